The maximum absolute atomic E-state index is 13.9. The van der Waals surface area contributed by atoms with Crippen LogP contribution in [0.3, 0.4) is 0 Å². The van der Waals surface area contributed by atoms with E-state index in [1.807, 2.05) is 81.1 Å². The summed E-state index contributed by atoms with van der Waals surface area (Å²) in [5.74, 6) is 0.0944. The van der Waals surface area contributed by atoms with E-state index in [4.69, 9.17) is 4.74 Å². The van der Waals surface area contributed by atoms with Crippen LogP contribution in [0, 0.1) is 13.8 Å². The third-order valence-electron chi connectivity index (χ3n) is 6.03. The molecule has 0 bridgehead atoms. The second-order valence-corrected chi connectivity index (χ2v) is 8.41. The average molecular weight is 455 g/mol. The summed E-state index contributed by atoms with van der Waals surface area (Å²) in [6.07, 6.45) is 0. The molecule has 0 N–H and O–H groups in total. The molecule has 5 nitrogen and oxygen atoms in total. The average Bonchev–Trinajstić information content (AvgIpc) is 3.09. The van der Waals surface area contributed by atoms with Gasteiger partial charge in [0.2, 0.25) is 0 Å². The van der Waals surface area contributed by atoms with E-state index in [1.54, 1.807) is 24.3 Å². The quantitative estimate of drug-likeness (QED) is 0.421. The van der Waals surface area contributed by atoms with Crippen molar-refractivity contribution < 1.29 is 14.3 Å². The maximum Gasteiger partial charge on any atom is 0.282 e. The van der Waals surface area contributed by atoms with Crippen molar-refractivity contribution in [3.8, 4) is 5.75 Å². The van der Waals surface area contributed by atoms with Crippen molar-refractivity contribution in [3.05, 3.63) is 101 Å². The molecule has 2 amide bonds. The molecule has 0 aromatic heterocycles. The molecule has 0 aliphatic carbocycles. The Bertz CT molecular complexity index is 1230. The number of imide groups is 1. The second-order valence-electron chi connectivity index (χ2n) is 8.41. The van der Waals surface area contributed by atoms with Crippen molar-refractivity contribution >= 4 is 23.1 Å². The maximum atomic E-state index is 13.9. The summed E-state index contributed by atoms with van der Waals surface area (Å²) >= 11 is 0. The van der Waals surface area contributed by atoms with Gasteiger partial charge in [-0.3, -0.25) is 9.59 Å². The molecule has 1 aliphatic heterocycles. The molecule has 34 heavy (non-hydrogen) atoms. The number of anilines is 1. The van der Waals surface area contributed by atoms with Gasteiger partial charge in [0.1, 0.15) is 11.4 Å². The Balaban J connectivity index is 1.82. The van der Waals surface area contributed by atoms with E-state index in [-0.39, 0.29) is 11.8 Å². The number of benzene rings is 3. The molecule has 0 saturated heterocycles. The number of aryl methyl sites for hydroxylation is 2. The minimum absolute atomic E-state index is 0.303. The summed E-state index contributed by atoms with van der Waals surface area (Å²) in [7, 11) is 0. The minimum Gasteiger partial charge on any atom is -0.494 e. The molecule has 1 heterocycles. The molecule has 0 unspecified atom stereocenters. The second kappa shape index (κ2) is 9.96. The summed E-state index contributed by atoms with van der Waals surface area (Å²) in [6, 6.07) is 23.1. The Kier molecular flexibility index (Phi) is 6.82. The van der Waals surface area contributed by atoms with Gasteiger partial charge in [-0.2, -0.15) is 0 Å². The number of carbonyl (C=O) groups is 2. The molecule has 0 spiro atoms. The fourth-order valence-electron chi connectivity index (χ4n) is 4.39. The number of nitrogens with zero attached hydrogens (tertiary/aromatic N) is 2. The fraction of sp³-hybridized carbons (Fsp3) is 0.241. The van der Waals surface area contributed by atoms with Gasteiger partial charge in [-0.25, -0.2) is 4.90 Å². The first-order chi connectivity index (χ1) is 16.4. The van der Waals surface area contributed by atoms with Gasteiger partial charge in [0.25, 0.3) is 11.8 Å². The molecular formula is C29H30N2O3. The van der Waals surface area contributed by atoms with Crippen LogP contribution in [0.25, 0.3) is 5.57 Å². The van der Waals surface area contributed by atoms with Gasteiger partial charge in [-0.15, -0.1) is 0 Å². The van der Waals surface area contributed by atoms with E-state index in [0.29, 0.717) is 42.4 Å². The molecular weight excluding hydrogens is 424 g/mol. The Labute approximate surface area is 201 Å². The number of likely N-dealkylation sites (N-methyl/N-ethyl adjacent to an activating group) is 1. The Hall–Kier alpha value is -3.86. The summed E-state index contributed by atoms with van der Waals surface area (Å²) in [5, 5.41) is 0. The number of hydrogen-bond acceptors (Lipinski definition) is 4. The zero-order valence-electron chi connectivity index (χ0n) is 20.2. The summed E-state index contributed by atoms with van der Waals surface area (Å²) in [5.41, 5.74) is 5.38. The van der Waals surface area contributed by atoms with Crippen LogP contribution >= 0.6 is 0 Å². The molecule has 1 aliphatic rings. The van der Waals surface area contributed by atoms with Crippen LogP contribution in [0.1, 0.15) is 36.1 Å². The van der Waals surface area contributed by atoms with Crippen LogP contribution < -0.4 is 9.64 Å². The minimum atomic E-state index is -0.304. The Morgan fingerprint density at radius 2 is 1.56 bits per heavy atom. The van der Waals surface area contributed by atoms with Crippen LogP contribution in [0.5, 0.6) is 5.75 Å². The predicted octanol–water partition coefficient (Wildman–Crippen LogP) is 5.51. The molecule has 174 valence electrons. The number of carbonyl (C=O) groups excluding carboxylic acids is 2. The zero-order valence-corrected chi connectivity index (χ0v) is 20.2. The third-order valence-corrected chi connectivity index (χ3v) is 6.03. The molecule has 4 rings (SSSR count). The number of rotatable bonds is 8. The van der Waals surface area contributed by atoms with E-state index >= 15 is 0 Å². The fourth-order valence-corrected chi connectivity index (χ4v) is 4.39. The molecule has 0 fully saturated rings. The SMILES string of the molecule is CCOc1ccc(N2C(=O)C(c3ccc(C)cc3C)=C(N(CC)Cc3ccccc3)C2=O)cc1. The van der Waals surface area contributed by atoms with Crippen LogP contribution in [-0.2, 0) is 16.1 Å². The van der Waals surface area contributed by atoms with Crippen LogP contribution in [0.2, 0.25) is 0 Å². The number of hydrogen-bond donors (Lipinski definition) is 0. The van der Waals surface area contributed by atoms with Gasteiger partial charge in [0.05, 0.1) is 17.9 Å². The van der Waals surface area contributed by atoms with Crippen molar-refractivity contribution in [1.82, 2.24) is 4.90 Å². The van der Waals surface area contributed by atoms with Gasteiger partial charge in [-0.05, 0) is 68.7 Å². The van der Waals surface area contributed by atoms with Gasteiger partial charge < -0.3 is 9.64 Å². The molecule has 5 heteroatoms. The normalized spacial score (nSPS) is 13.6. The van der Waals surface area contributed by atoms with Crippen molar-refractivity contribution in [3.63, 3.8) is 0 Å². The molecule has 0 saturated carbocycles. The Morgan fingerprint density at radius 3 is 2.18 bits per heavy atom. The van der Waals surface area contributed by atoms with Crippen LogP contribution in [0.15, 0.2) is 78.5 Å². The standard InChI is InChI=1S/C29H30N2O3/c1-5-30(19-22-10-8-7-9-11-22)27-26(25-17-12-20(3)18-21(25)4)28(32)31(29(27)33)23-13-15-24(16-14-23)34-6-2/h7-18H,5-6,19H2,1-4H3. The smallest absolute Gasteiger partial charge is 0.282 e. The first kappa shape index (κ1) is 23.3. The topological polar surface area (TPSA) is 49.9 Å². The lowest BCUT2D eigenvalue weighted by Crippen LogP contribution is -2.35. The third kappa shape index (κ3) is 4.46. The summed E-state index contributed by atoms with van der Waals surface area (Å²) in [4.78, 5) is 31.0. The highest BCUT2D eigenvalue weighted by atomic mass is 16.5. The summed E-state index contributed by atoms with van der Waals surface area (Å²) in [6.45, 7) is 9.61. The van der Waals surface area contributed by atoms with Gasteiger partial charge in [0.15, 0.2) is 0 Å². The van der Waals surface area contributed by atoms with Crippen molar-refractivity contribution in [1.29, 1.82) is 0 Å². The van der Waals surface area contributed by atoms with Crippen LogP contribution in [0.4, 0.5) is 5.69 Å². The highest BCUT2D eigenvalue weighted by Crippen LogP contribution is 2.37. The lowest BCUT2D eigenvalue weighted by molar-refractivity contribution is -0.120. The lowest BCUT2D eigenvalue weighted by atomic mass is 9.97. The molecule has 3 aromatic carbocycles. The predicted molar refractivity (Wildman–Crippen MR) is 135 cm³/mol. The van der Waals surface area contributed by atoms with Crippen LogP contribution in [-0.4, -0.2) is 29.9 Å². The van der Waals surface area contributed by atoms with Gasteiger partial charge in [-0.1, -0.05) is 54.1 Å². The highest BCUT2D eigenvalue weighted by Gasteiger charge is 2.42. The largest absolute Gasteiger partial charge is 0.494 e. The Morgan fingerprint density at radius 1 is 0.853 bits per heavy atom. The number of ether oxygens (including phenoxy) is 1. The lowest BCUT2D eigenvalue weighted by Gasteiger charge is -2.25. The monoisotopic (exact) mass is 454 g/mol. The van der Waals surface area contributed by atoms with Gasteiger partial charge >= 0.3 is 0 Å². The molecule has 0 radical (unpaired) electrons. The molecule has 0 atom stereocenters. The van der Waals surface area contributed by atoms with Crippen molar-refractivity contribution in [2.75, 3.05) is 18.1 Å². The van der Waals surface area contributed by atoms with E-state index in [0.717, 1.165) is 22.3 Å². The van der Waals surface area contributed by atoms with E-state index in [2.05, 4.69) is 0 Å². The van der Waals surface area contributed by atoms with Gasteiger partial charge in [0, 0.05) is 13.1 Å². The molecule has 3 aromatic rings. The van der Waals surface area contributed by atoms with E-state index in [1.165, 1.54) is 4.90 Å². The first-order valence-corrected chi connectivity index (χ1v) is 11.7. The van der Waals surface area contributed by atoms with Crippen molar-refractivity contribution in [2.45, 2.75) is 34.2 Å². The first-order valence-electron chi connectivity index (χ1n) is 11.7. The summed E-state index contributed by atoms with van der Waals surface area (Å²) < 4.78 is 5.53. The van der Waals surface area contributed by atoms with Crippen molar-refractivity contribution in [2.24, 2.45) is 0 Å². The number of amides is 2. The van der Waals surface area contributed by atoms with E-state index < -0.39 is 0 Å². The highest BCUT2D eigenvalue weighted by molar-refractivity contribution is 6.45. The zero-order chi connectivity index (χ0) is 24.2. The van der Waals surface area contributed by atoms with E-state index in [9.17, 15) is 9.59 Å².